The molecular weight excluding hydrogens is 394 g/mol. The molecule has 5 N–H and O–H groups in total. The van der Waals surface area contributed by atoms with E-state index in [1.807, 2.05) is 0 Å². The van der Waals surface area contributed by atoms with E-state index < -0.39 is 35.8 Å². The number of carboxylic acids is 3. The number of fused-ring (bicyclic) bond motifs is 1. The maximum absolute atomic E-state index is 12.1. The Morgan fingerprint density at radius 1 is 1.17 bits per heavy atom. The van der Waals surface area contributed by atoms with Gasteiger partial charge in [-0.2, -0.15) is 0 Å². The van der Waals surface area contributed by atoms with Crippen molar-refractivity contribution in [3.05, 3.63) is 30.0 Å². The smallest absolute Gasteiger partial charge is 0.325 e. The number of likely N-dealkylation sites (tertiary alicyclic amines) is 1. The van der Waals surface area contributed by atoms with Crippen LogP contribution in [0.4, 0.5) is 5.69 Å². The average Bonchev–Trinajstić information content (AvgIpc) is 3.09. The zero-order valence-electron chi connectivity index (χ0n) is 16.1. The van der Waals surface area contributed by atoms with E-state index in [1.54, 1.807) is 29.3 Å². The van der Waals surface area contributed by atoms with Crippen LogP contribution in [0.2, 0.25) is 0 Å². The van der Waals surface area contributed by atoms with Gasteiger partial charge in [-0.1, -0.05) is 0 Å². The first-order valence-corrected chi connectivity index (χ1v) is 9.58. The summed E-state index contributed by atoms with van der Waals surface area (Å²) < 4.78 is 0. The first kappa shape index (κ1) is 21.3. The van der Waals surface area contributed by atoms with Gasteiger partial charge in [0.2, 0.25) is 5.91 Å². The summed E-state index contributed by atoms with van der Waals surface area (Å²) >= 11 is 0. The SMILES string of the molecule is O=C(O)CCC(=O)Nc1ccc2[nH]cc(C(C(=O)O)N3CCCC(C(=O)O)C3)c2c1. The minimum Gasteiger partial charge on any atom is -0.481 e. The number of aliphatic carboxylic acids is 3. The van der Waals surface area contributed by atoms with Crippen LogP contribution in [0.25, 0.3) is 10.9 Å². The number of aromatic nitrogens is 1. The summed E-state index contributed by atoms with van der Waals surface area (Å²) in [6.45, 7) is 0.615. The number of piperidine rings is 1. The third kappa shape index (κ3) is 4.77. The second kappa shape index (κ2) is 8.95. The molecule has 10 heteroatoms. The highest BCUT2D eigenvalue weighted by atomic mass is 16.4. The monoisotopic (exact) mass is 417 g/mol. The van der Waals surface area contributed by atoms with Crippen molar-refractivity contribution in [1.29, 1.82) is 0 Å². The van der Waals surface area contributed by atoms with Gasteiger partial charge >= 0.3 is 17.9 Å². The third-order valence-corrected chi connectivity index (χ3v) is 5.26. The molecule has 1 saturated heterocycles. The van der Waals surface area contributed by atoms with Crippen molar-refractivity contribution in [2.45, 2.75) is 31.7 Å². The normalized spacial score (nSPS) is 18.1. The van der Waals surface area contributed by atoms with Gasteiger partial charge in [0.15, 0.2) is 0 Å². The lowest BCUT2D eigenvalue weighted by atomic mass is 9.94. The fourth-order valence-corrected chi connectivity index (χ4v) is 3.82. The van der Waals surface area contributed by atoms with Gasteiger partial charge in [-0.25, -0.2) is 0 Å². The highest BCUT2D eigenvalue weighted by molar-refractivity contribution is 5.96. The number of H-pyrrole nitrogens is 1. The summed E-state index contributed by atoms with van der Waals surface area (Å²) in [5.41, 5.74) is 1.57. The summed E-state index contributed by atoms with van der Waals surface area (Å²) in [7, 11) is 0. The number of nitrogens with one attached hydrogen (secondary N) is 2. The van der Waals surface area contributed by atoms with E-state index in [4.69, 9.17) is 5.11 Å². The highest BCUT2D eigenvalue weighted by Crippen LogP contribution is 2.33. The topological polar surface area (TPSA) is 160 Å². The Morgan fingerprint density at radius 3 is 2.60 bits per heavy atom. The van der Waals surface area contributed by atoms with Crippen LogP contribution in [-0.4, -0.2) is 62.1 Å². The van der Waals surface area contributed by atoms with Gasteiger partial charge in [-0.3, -0.25) is 24.1 Å². The number of nitrogens with zero attached hydrogens (tertiary/aromatic N) is 1. The molecule has 2 aromatic rings. The number of amides is 1. The minimum absolute atomic E-state index is 0.143. The van der Waals surface area contributed by atoms with Crippen molar-refractivity contribution in [1.82, 2.24) is 9.88 Å². The predicted octanol–water partition coefficient (Wildman–Crippen LogP) is 1.89. The van der Waals surface area contributed by atoms with Gasteiger partial charge in [0.25, 0.3) is 0 Å². The molecule has 1 fully saturated rings. The van der Waals surface area contributed by atoms with Gasteiger partial charge < -0.3 is 25.6 Å². The molecule has 0 spiro atoms. The maximum Gasteiger partial charge on any atom is 0.325 e. The van der Waals surface area contributed by atoms with Gasteiger partial charge in [-0.15, -0.1) is 0 Å². The predicted molar refractivity (Wildman–Crippen MR) is 106 cm³/mol. The van der Waals surface area contributed by atoms with Crippen LogP contribution >= 0.6 is 0 Å². The number of carbonyl (C=O) groups is 4. The second-order valence-corrected chi connectivity index (χ2v) is 7.36. The molecule has 1 amide bonds. The Labute approximate surface area is 171 Å². The molecular formula is C20H23N3O7. The summed E-state index contributed by atoms with van der Waals surface area (Å²) in [5, 5.41) is 31.1. The van der Waals surface area contributed by atoms with Crippen LogP contribution in [0.3, 0.4) is 0 Å². The van der Waals surface area contributed by atoms with Gasteiger partial charge in [-0.05, 0) is 37.6 Å². The van der Waals surface area contributed by atoms with E-state index >= 15 is 0 Å². The van der Waals surface area contributed by atoms with E-state index in [1.165, 1.54) is 0 Å². The lowest BCUT2D eigenvalue weighted by Gasteiger charge is -2.34. The lowest BCUT2D eigenvalue weighted by Crippen LogP contribution is -2.43. The Bertz CT molecular complexity index is 984. The summed E-state index contributed by atoms with van der Waals surface area (Å²) in [5.74, 6) is -4.16. The first-order valence-electron chi connectivity index (χ1n) is 9.58. The number of hydrogen-bond acceptors (Lipinski definition) is 5. The van der Waals surface area contributed by atoms with Crippen LogP contribution in [0.1, 0.15) is 37.3 Å². The van der Waals surface area contributed by atoms with Crippen molar-refractivity contribution in [2.24, 2.45) is 5.92 Å². The third-order valence-electron chi connectivity index (χ3n) is 5.26. The Balaban J connectivity index is 1.87. The minimum atomic E-state index is -1.09. The van der Waals surface area contributed by atoms with Gasteiger partial charge in [0.05, 0.1) is 12.3 Å². The molecule has 1 aliphatic heterocycles. The number of rotatable bonds is 8. The molecule has 0 bridgehead atoms. The number of hydrogen-bond donors (Lipinski definition) is 5. The van der Waals surface area contributed by atoms with Crippen molar-refractivity contribution in [3.8, 4) is 0 Å². The molecule has 0 aliphatic carbocycles. The van der Waals surface area contributed by atoms with E-state index in [2.05, 4.69) is 10.3 Å². The maximum atomic E-state index is 12.1. The molecule has 10 nitrogen and oxygen atoms in total. The van der Waals surface area contributed by atoms with E-state index in [0.717, 1.165) is 0 Å². The lowest BCUT2D eigenvalue weighted by molar-refractivity contribution is -0.149. The Morgan fingerprint density at radius 2 is 1.93 bits per heavy atom. The summed E-state index contributed by atoms with van der Waals surface area (Å²) in [6, 6.07) is 3.94. The molecule has 2 unspecified atom stereocenters. The van der Waals surface area contributed by atoms with E-state index in [0.29, 0.717) is 41.5 Å². The molecule has 0 saturated carbocycles. The Hall–Kier alpha value is -3.40. The molecule has 1 aromatic heterocycles. The van der Waals surface area contributed by atoms with E-state index in [-0.39, 0.29) is 19.4 Å². The average molecular weight is 417 g/mol. The van der Waals surface area contributed by atoms with Crippen LogP contribution in [0, 0.1) is 5.92 Å². The fraction of sp³-hybridized carbons (Fsp3) is 0.400. The van der Waals surface area contributed by atoms with Crippen LogP contribution in [0.15, 0.2) is 24.4 Å². The summed E-state index contributed by atoms with van der Waals surface area (Å²) in [6.07, 6.45) is 2.23. The standard InChI is InChI=1S/C20H23N3O7/c24-16(5-6-17(25)26)22-12-3-4-15-13(8-12)14(9-21-15)18(20(29)30)23-7-1-2-11(10-23)19(27)28/h3-4,8-9,11,18,21H,1-2,5-7,10H2,(H,22,24)(H,25,26)(H,27,28)(H,29,30). The van der Waals surface area contributed by atoms with Crippen molar-refractivity contribution in [3.63, 3.8) is 0 Å². The number of carboxylic acid groups (broad SMARTS) is 3. The number of carbonyl (C=O) groups excluding carboxylic acids is 1. The molecule has 160 valence electrons. The largest absolute Gasteiger partial charge is 0.481 e. The van der Waals surface area contributed by atoms with Crippen molar-refractivity contribution >= 4 is 40.4 Å². The molecule has 3 rings (SSSR count). The molecule has 1 aromatic carbocycles. The van der Waals surface area contributed by atoms with Crippen LogP contribution in [-0.2, 0) is 19.2 Å². The summed E-state index contributed by atoms with van der Waals surface area (Å²) in [4.78, 5) is 50.7. The van der Waals surface area contributed by atoms with Gasteiger partial charge in [0, 0.05) is 41.3 Å². The van der Waals surface area contributed by atoms with Gasteiger partial charge in [0.1, 0.15) is 6.04 Å². The highest BCUT2D eigenvalue weighted by Gasteiger charge is 2.35. The van der Waals surface area contributed by atoms with Crippen molar-refractivity contribution in [2.75, 3.05) is 18.4 Å². The fourth-order valence-electron chi connectivity index (χ4n) is 3.82. The molecule has 1 aliphatic rings. The Kier molecular flexibility index (Phi) is 6.36. The van der Waals surface area contributed by atoms with Crippen LogP contribution < -0.4 is 5.32 Å². The van der Waals surface area contributed by atoms with Crippen LogP contribution in [0.5, 0.6) is 0 Å². The molecule has 2 heterocycles. The number of anilines is 1. The first-order chi connectivity index (χ1) is 14.3. The second-order valence-electron chi connectivity index (χ2n) is 7.36. The zero-order chi connectivity index (χ0) is 21.8. The zero-order valence-corrected chi connectivity index (χ0v) is 16.1. The molecule has 0 radical (unpaired) electrons. The number of aromatic amines is 1. The van der Waals surface area contributed by atoms with Crippen molar-refractivity contribution < 1.29 is 34.5 Å². The quantitative estimate of drug-likeness (QED) is 0.435. The molecule has 30 heavy (non-hydrogen) atoms. The number of benzene rings is 1. The molecule has 2 atom stereocenters. The van der Waals surface area contributed by atoms with E-state index in [9.17, 15) is 29.4 Å².